The van der Waals surface area contributed by atoms with Gasteiger partial charge in [0.25, 0.3) is 0 Å². The molecule has 3 aliphatic rings. The van der Waals surface area contributed by atoms with Crippen molar-refractivity contribution in [3.05, 3.63) is 35.6 Å². The lowest BCUT2D eigenvalue weighted by atomic mass is 9.74. The van der Waals surface area contributed by atoms with E-state index < -0.39 is 12.0 Å². The van der Waals surface area contributed by atoms with Crippen molar-refractivity contribution in [1.82, 2.24) is 4.90 Å². The molecule has 1 aromatic carbocycles. The molecule has 236 valence electrons. The number of esters is 1. The second-order valence-electron chi connectivity index (χ2n) is 13.2. The molecule has 0 spiro atoms. The van der Waals surface area contributed by atoms with Gasteiger partial charge in [-0.1, -0.05) is 45.1 Å². The molecule has 1 saturated heterocycles. The fourth-order valence-electron chi connectivity index (χ4n) is 7.88. The molecule has 2 saturated carbocycles. The summed E-state index contributed by atoms with van der Waals surface area (Å²) in [5, 5.41) is 0.747. The van der Waals surface area contributed by atoms with Gasteiger partial charge in [0.15, 0.2) is 5.78 Å². The average molecular weight is 598 g/mol. The quantitative estimate of drug-likeness (QED) is 0.195. The molecule has 3 fully saturated rings. The lowest BCUT2D eigenvalue weighted by Crippen LogP contribution is -2.48. The average Bonchev–Trinajstić information content (AvgIpc) is 3.68. The highest BCUT2D eigenvalue weighted by Crippen LogP contribution is 2.42. The summed E-state index contributed by atoms with van der Waals surface area (Å²) in [6.45, 7) is 3.07. The van der Waals surface area contributed by atoms with Gasteiger partial charge in [-0.25, -0.2) is 4.79 Å². The Morgan fingerprint density at radius 1 is 1.00 bits per heavy atom. The predicted molar refractivity (Wildman–Crippen MR) is 162 cm³/mol. The Morgan fingerprint density at radius 2 is 1.77 bits per heavy atom. The second-order valence-corrected chi connectivity index (χ2v) is 13.2. The van der Waals surface area contributed by atoms with Crippen LogP contribution in [0.3, 0.4) is 0 Å². The Bertz CT molecular complexity index is 1240. The topological polar surface area (TPSA) is 86.0 Å². The molecule has 1 aliphatic heterocycles. The minimum absolute atomic E-state index is 0.0445. The molecule has 0 bridgehead atoms. The second kappa shape index (κ2) is 14.8. The molecule has 8 heteroatoms. The molecule has 7 nitrogen and oxygen atoms in total. The van der Waals surface area contributed by atoms with Crippen molar-refractivity contribution in [2.45, 2.75) is 90.0 Å². The fraction of sp³-hybridized carbons (Fsp3) is 0.686. The normalized spacial score (nSPS) is 25.6. The van der Waals surface area contributed by atoms with E-state index in [9.17, 15) is 18.8 Å². The Labute approximate surface area is 254 Å². The van der Waals surface area contributed by atoms with Gasteiger partial charge in [0.1, 0.15) is 5.58 Å². The largest absolute Gasteiger partial charge is 0.460 e. The molecule has 1 amide bonds. The van der Waals surface area contributed by atoms with Crippen molar-refractivity contribution < 1.29 is 32.7 Å². The van der Waals surface area contributed by atoms with E-state index in [0.29, 0.717) is 37.0 Å². The van der Waals surface area contributed by atoms with Crippen molar-refractivity contribution in [3.63, 3.8) is 0 Å². The standard InChI is InChI=1S/C35H48FNO6/c1-23(22-36)25-10-12-27(13-11-25)34(39)37-16-15-29(26-7-4-3-5-8-26)33(37)30(38)20-24-9-14-31-28(19-24)21-32(43-31)35(40)42-18-6-17-41-2/h9,14,19,21,23,25-27,29,33H,3-8,10-13,15-18,20,22H2,1-2H3/t23-,25?,27?,29+,33+/m1/s1. The maximum Gasteiger partial charge on any atom is 0.374 e. The minimum atomic E-state index is -0.520. The molecular formula is C35H48FNO6. The number of rotatable bonds is 12. The molecule has 0 N–H and O–H groups in total. The lowest BCUT2D eigenvalue weighted by Gasteiger charge is -2.37. The molecule has 5 rings (SSSR count). The van der Waals surface area contributed by atoms with Crippen molar-refractivity contribution >= 4 is 28.6 Å². The van der Waals surface area contributed by atoms with Gasteiger partial charge in [-0.15, -0.1) is 0 Å². The summed E-state index contributed by atoms with van der Waals surface area (Å²) in [6.07, 6.45) is 11.0. The number of nitrogens with zero attached hydrogens (tertiary/aromatic N) is 1. The first-order valence-electron chi connectivity index (χ1n) is 16.5. The number of alkyl halides is 1. The van der Waals surface area contributed by atoms with Crippen LogP contribution < -0.4 is 0 Å². The van der Waals surface area contributed by atoms with Crippen LogP contribution in [0.25, 0.3) is 11.0 Å². The maximum absolute atomic E-state index is 14.1. The van der Waals surface area contributed by atoms with Crippen LogP contribution in [0.1, 0.15) is 93.7 Å². The van der Waals surface area contributed by atoms with Crippen LogP contribution in [0.2, 0.25) is 0 Å². The van der Waals surface area contributed by atoms with Gasteiger partial charge >= 0.3 is 5.97 Å². The van der Waals surface area contributed by atoms with Crippen molar-refractivity contribution in [1.29, 1.82) is 0 Å². The number of furan rings is 1. The third-order valence-corrected chi connectivity index (χ3v) is 10.4. The zero-order valence-corrected chi connectivity index (χ0v) is 25.9. The molecule has 2 aromatic rings. The molecule has 43 heavy (non-hydrogen) atoms. The van der Waals surface area contributed by atoms with Gasteiger partial charge in [-0.2, -0.15) is 0 Å². The number of hydrogen-bond acceptors (Lipinski definition) is 6. The van der Waals surface area contributed by atoms with Gasteiger partial charge < -0.3 is 18.8 Å². The third kappa shape index (κ3) is 7.50. The van der Waals surface area contributed by atoms with E-state index in [1.807, 2.05) is 24.0 Å². The van der Waals surface area contributed by atoms with E-state index in [0.717, 1.165) is 55.9 Å². The van der Waals surface area contributed by atoms with Crippen LogP contribution >= 0.6 is 0 Å². The van der Waals surface area contributed by atoms with Crippen LogP contribution in [0.5, 0.6) is 0 Å². The molecule has 2 aliphatic carbocycles. The number of likely N-dealkylation sites (tertiary alicyclic amines) is 1. The summed E-state index contributed by atoms with van der Waals surface area (Å²) >= 11 is 0. The number of methoxy groups -OCH3 is 1. The van der Waals surface area contributed by atoms with E-state index in [-0.39, 0.29) is 54.9 Å². The van der Waals surface area contributed by atoms with Gasteiger partial charge in [0, 0.05) is 44.4 Å². The summed E-state index contributed by atoms with van der Waals surface area (Å²) in [4.78, 5) is 42.4. The predicted octanol–water partition coefficient (Wildman–Crippen LogP) is 6.95. The van der Waals surface area contributed by atoms with Crippen molar-refractivity contribution in [2.75, 3.05) is 33.5 Å². The first-order chi connectivity index (χ1) is 20.9. The molecule has 1 aromatic heterocycles. The van der Waals surface area contributed by atoms with Gasteiger partial charge in [-0.05, 0) is 79.5 Å². The number of carbonyl (C=O) groups is 3. The van der Waals surface area contributed by atoms with Crippen LogP contribution in [-0.4, -0.2) is 62.1 Å². The van der Waals surface area contributed by atoms with Gasteiger partial charge in [0.05, 0.1) is 19.3 Å². The lowest BCUT2D eigenvalue weighted by molar-refractivity contribution is -0.143. The Balaban J connectivity index is 1.29. The monoisotopic (exact) mass is 597 g/mol. The number of benzene rings is 1. The van der Waals surface area contributed by atoms with E-state index in [1.165, 1.54) is 19.3 Å². The Morgan fingerprint density at radius 3 is 2.49 bits per heavy atom. The fourth-order valence-corrected chi connectivity index (χ4v) is 7.88. The van der Waals surface area contributed by atoms with E-state index in [1.54, 1.807) is 19.2 Å². The number of halogens is 1. The van der Waals surface area contributed by atoms with E-state index >= 15 is 0 Å². The highest BCUT2D eigenvalue weighted by Gasteiger charge is 2.46. The van der Waals surface area contributed by atoms with Gasteiger partial charge in [-0.3, -0.25) is 14.0 Å². The molecular weight excluding hydrogens is 549 g/mol. The smallest absolute Gasteiger partial charge is 0.374 e. The van der Waals surface area contributed by atoms with Crippen LogP contribution in [-0.2, 0) is 25.5 Å². The summed E-state index contributed by atoms with van der Waals surface area (Å²) < 4.78 is 29.3. The number of fused-ring (bicyclic) bond motifs is 1. The molecule has 2 heterocycles. The van der Waals surface area contributed by atoms with Crippen LogP contribution in [0.4, 0.5) is 4.39 Å². The number of amides is 1. The number of hydrogen-bond donors (Lipinski definition) is 0. The molecule has 3 atom stereocenters. The first kappa shape index (κ1) is 31.7. The highest BCUT2D eigenvalue weighted by atomic mass is 19.1. The van der Waals surface area contributed by atoms with Gasteiger partial charge in [0.2, 0.25) is 11.7 Å². The third-order valence-electron chi connectivity index (χ3n) is 10.4. The van der Waals surface area contributed by atoms with Crippen molar-refractivity contribution in [3.8, 4) is 0 Å². The highest BCUT2D eigenvalue weighted by molar-refractivity contribution is 5.94. The van der Waals surface area contributed by atoms with E-state index in [2.05, 4.69) is 0 Å². The van der Waals surface area contributed by atoms with E-state index in [4.69, 9.17) is 13.9 Å². The summed E-state index contributed by atoms with van der Waals surface area (Å²) in [7, 11) is 1.60. The number of ether oxygens (including phenoxy) is 2. The summed E-state index contributed by atoms with van der Waals surface area (Å²) in [5.41, 5.74) is 1.41. The minimum Gasteiger partial charge on any atom is -0.460 e. The summed E-state index contributed by atoms with van der Waals surface area (Å²) in [5.74, 6) is 0.846. The van der Waals surface area contributed by atoms with Crippen molar-refractivity contribution in [2.24, 2.45) is 29.6 Å². The zero-order chi connectivity index (χ0) is 30.3. The number of ketones is 1. The summed E-state index contributed by atoms with van der Waals surface area (Å²) in [6, 6.07) is 6.85. The van der Waals surface area contributed by atoms with Crippen LogP contribution in [0.15, 0.2) is 28.7 Å². The Kier molecular flexibility index (Phi) is 10.9. The maximum atomic E-state index is 14.1. The molecule has 0 radical (unpaired) electrons. The molecule has 0 unspecified atom stereocenters. The SMILES string of the molecule is COCCCOC(=O)c1cc2cc(CC(=O)[C@@H]3[C@H](C4CCCCC4)CCN3C(=O)C3CCC([C@H](C)CF)CC3)ccc2o1. The number of Topliss-reactive ketones (excluding diaryl/α,β-unsaturated/α-hetero) is 1. The van der Waals surface area contributed by atoms with Crippen LogP contribution in [0, 0.1) is 29.6 Å². The Hall–Kier alpha value is -2.74. The first-order valence-corrected chi connectivity index (χ1v) is 16.5. The zero-order valence-electron chi connectivity index (χ0n) is 25.9. The number of carbonyl (C=O) groups excluding carboxylic acids is 3.